The lowest BCUT2D eigenvalue weighted by Crippen LogP contribution is -2.55. The molecule has 0 spiro atoms. The molecule has 0 atom stereocenters. The fourth-order valence-electron chi connectivity index (χ4n) is 2.01. The minimum atomic E-state index is -0.981. The first-order valence-corrected chi connectivity index (χ1v) is 14.1. The van der Waals surface area contributed by atoms with E-state index in [-0.39, 0.29) is 0 Å². The largest absolute Gasteiger partial charge is 0.360 e. The topological polar surface area (TPSA) is 12.0 Å². The number of benzene rings is 1. The molecule has 1 nitrogen and oxygen atoms in total. The second kappa shape index (κ2) is 7.83. The molecule has 1 rings (SSSR count). The molecule has 0 amide bonds. The standard InChI is InChI=1S/C10H12.C6H19NSi2/c1-3-9-5-7-10(4-2)8-6-9;1-8(2,3)7-9(4,5)6/h3,5-8H,1,4H2,2H3;7H,1-6H3. The molecule has 0 heterocycles. The first kappa shape index (κ1) is 18.4. The number of rotatable bonds is 4. The molecule has 0 saturated carbocycles. The summed E-state index contributed by atoms with van der Waals surface area (Å²) in [6, 6.07) is 8.45. The van der Waals surface area contributed by atoms with Gasteiger partial charge in [-0.2, -0.15) is 0 Å². The molecule has 0 aliphatic carbocycles. The van der Waals surface area contributed by atoms with E-state index in [1.165, 1.54) is 11.1 Å². The van der Waals surface area contributed by atoms with E-state index in [1.807, 2.05) is 6.08 Å². The van der Waals surface area contributed by atoms with Gasteiger partial charge in [-0.15, -0.1) is 0 Å². The van der Waals surface area contributed by atoms with E-state index in [1.54, 1.807) is 0 Å². The molecule has 1 aromatic rings. The quantitative estimate of drug-likeness (QED) is 0.758. The van der Waals surface area contributed by atoms with Crippen LogP contribution in [0.4, 0.5) is 0 Å². The zero-order valence-electron chi connectivity index (χ0n) is 13.8. The van der Waals surface area contributed by atoms with E-state index in [4.69, 9.17) is 0 Å². The highest BCUT2D eigenvalue weighted by molar-refractivity contribution is 6.90. The second-order valence-electron chi connectivity index (χ2n) is 6.92. The Balaban J connectivity index is 0.000000344. The van der Waals surface area contributed by atoms with Crippen LogP contribution in [0.5, 0.6) is 0 Å². The Bertz CT molecular complexity index is 357. The van der Waals surface area contributed by atoms with E-state index in [0.717, 1.165) is 6.42 Å². The van der Waals surface area contributed by atoms with Crippen molar-refractivity contribution in [2.45, 2.75) is 52.6 Å². The van der Waals surface area contributed by atoms with Crippen LogP contribution in [0.3, 0.4) is 0 Å². The fraction of sp³-hybridized carbons (Fsp3) is 0.500. The Hall–Kier alpha value is -0.646. The molecular formula is C16H31NSi2. The SMILES string of the molecule is C=Cc1ccc(CC)cc1.C[Si](C)(C)N[Si](C)(C)C. The molecule has 1 aromatic carbocycles. The summed E-state index contributed by atoms with van der Waals surface area (Å²) in [6.45, 7) is 20.0. The lowest BCUT2D eigenvalue weighted by atomic mass is 10.1. The highest BCUT2D eigenvalue weighted by atomic mass is 28.4. The number of nitrogens with one attached hydrogen (secondary N) is 1. The lowest BCUT2D eigenvalue weighted by molar-refractivity contribution is 1.14. The second-order valence-corrected chi connectivity index (χ2v) is 16.9. The van der Waals surface area contributed by atoms with E-state index in [0.29, 0.717) is 0 Å². The summed E-state index contributed by atoms with van der Waals surface area (Å²) < 4.78 is 3.74. The summed E-state index contributed by atoms with van der Waals surface area (Å²) in [4.78, 5) is 0. The molecule has 0 unspecified atom stereocenters. The average molecular weight is 294 g/mol. The molecule has 0 saturated heterocycles. The monoisotopic (exact) mass is 293 g/mol. The highest BCUT2D eigenvalue weighted by Gasteiger charge is 2.22. The molecular weight excluding hydrogens is 262 g/mol. The molecule has 0 aromatic heterocycles. The zero-order valence-corrected chi connectivity index (χ0v) is 15.8. The van der Waals surface area contributed by atoms with Gasteiger partial charge in [-0.05, 0) is 17.5 Å². The minimum Gasteiger partial charge on any atom is -0.360 e. The predicted molar refractivity (Wildman–Crippen MR) is 95.7 cm³/mol. The maximum atomic E-state index is 3.74. The van der Waals surface area contributed by atoms with Crippen molar-refractivity contribution in [3.05, 3.63) is 42.0 Å². The first-order valence-electron chi connectivity index (χ1n) is 7.08. The van der Waals surface area contributed by atoms with E-state index in [9.17, 15) is 0 Å². The third kappa shape index (κ3) is 10.9. The van der Waals surface area contributed by atoms with Gasteiger partial charge in [0.1, 0.15) is 16.5 Å². The van der Waals surface area contributed by atoms with Gasteiger partial charge in [0.2, 0.25) is 0 Å². The van der Waals surface area contributed by atoms with Gasteiger partial charge in [-0.1, -0.05) is 83.1 Å². The Kier molecular flexibility index (Phi) is 7.56. The molecule has 3 heteroatoms. The molecule has 19 heavy (non-hydrogen) atoms. The van der Waals surface area contributed by atoms with E-state index < -0.39 is 16.5 Å². The van der Waals surface area contributed by atoms with Crippen molar-refractivity contribution in [1.29, 1.82) is 0 Å². The van der Waals surface area contributed by atoms with Crippen LogP contribution in [0.2, 0.25) is 39.3 Å². The maximum absolute atomic E-state index is 3.74. The average Bonchev–Trinajstić information content (AvgIpc) is 2.25. The van der Waals surface area contributed by atoms with Gasteiger partial charge in [0.05, 0.1) is 0 Å². The van der Waals surface area contributed by atoms with Gasteiger partial charge in [0.15, 0.2) is 0 Å². The number of hydrogen-bond acceptors (Lipinski definition) is 1. The zero-order chi connectivity index (χ0) is 15.1. The fourth-order valence-corrected chi connectivity index (χ4v) is 11.0. The molecule has 0 radical (unpaired) electrons. The van der Waals surface area contributed by atoms with E-state index in [2.05, 4.69) is 81.7 Å². The molecule has 0 aliphatic heterocycles. The Morgan fingerprint density at radius 1 is 0.947 bits per heavy atom. The van der Waals surface area contributed by atoms with Crippen molar-refractivity contribution in [1.82, 2.24) is 4.65 Å². The molecule has 108 valence electrons. The van der Waals surface area contributed by atoms with Gasteiger partial charge >= 0.3 is 0 Å². The van der Waals surface area contributed by atoms with Gasteiger partial charge in [0.25, 0.3) is 0 Å². The summed E-state index contributed by atoms with van der Waals surface area (Å²) >= 11 is 0. The van der Waals surface area contributed by atoms with Crippen LogP contribution < -0.4 is 4.65 Å². The molecule has 0 aliphatic rings. The summed E-state index contributed by atoms with van der Waals surface area (Å²) in [6.07, 6.45) is 2.97. The van der Waals surface area contributed by atoms with Crippen molar-refractivity contribution in [2.75, 3.05) is 0 Å². The summed E-state index contributed by atoms with van der Waals surface area (Å²) in [5.74, 6) is 0. The van der Waals surface area contributed by atoms with Crippen LogP contribution in [0.25, 0.3) is 6.08 Å². The van der Waals surface area contributed by atoms with Crippen LogP contribution >= 0.6 is 0 Å². The third-order valence-corrected chi connectivity index (χ3v) is 8.37. The van der Waals surface area contributed by atoms with Crippen molar-refractivity contribution < 1.29 is 0 Å². The van der Waals surface area contributed by atoms with Crippen molar-refractivity contribution >= 4 is 22.5 Å². The lowest BCUT2D eigenvalue weighted by Gasteiger charge is -2.28. The van der Waals surface area contributed by atoms with Gasteiger partial charge in [0, 0.05) is 0 Å². The van der Waals surface area contributed by atoms with Crippen LogP contribution in [0.15, 0.2) is 30.8 Å². The van der Waals surface area contributed by atoms with Gasteiger partial charge < -0.3 is 4.65 Å². The summed E-state index contributed by atoms with van der Waals surface area (Å²) in [5, 5.41) is 0. The first-order chi connectivity index (χ1) is 8.57. The molecule has 0 bridgehead atoms. The van der Waals surface area contributed by atoms with Crippen LogP contribution in [-0.2, 0) is 6.42 Å². The van der Waals surface area contributed by atoms with Crippen LogP contribution in [-0.4, -0.2) is 16.5 Å². The number of aryl methyl sites for hydroxylation is 1. The van der Waals surface area contributed by atoms with E-state index >= 15 is 0 Å². The van der Waals surface area contributed by atoms with Crippen LogP contribution in [0, 0.1) is 0 Å². The number of hydrogen-bond donors (Lipinski definition) is 1. The molecule has 1 N–H and O–H groups in total. The predicted octanol–water partition coefficient (Wildman–Crippen LogP) is 5.14. The smallest absolute Gasteiger partial charge is 0.109 e. The van der Waals surface area contributed by atoms with Gasteiger partial charge in [-0.25, -0.2) is 0 Å². The highest BCUT2D eigenvalue weighted by Crippen LogP contribution is 2.05. The van der Waals surface area contributed by atoms with Crippen molar-refractivity contribution in [3.63, 3.8) is 0 Å². The van der Waals surface area contributed by atoms with Crippen molar-refractivity contribution in [3.8, 4) is 0 Å². The maximum Gasteiger partial charge on any atom is 0.109 e. The Morgan fingerprint density at radius 2 is 1.37 bits per heavy atom. The Labute approximate surface area is 122 Å². The van der Waals surface area contributed by atoms with Crippen molar-refractivity contribution in [2.24, 2.45) is 0 Å². The normalized spacial score (nSPS) is 11.5. The van der Waals surface area contributed by atoms with Crippen LogP contribution in [0.1, 0.15) is 18.1 Å². The Morgan fingerprint density at radius 3 is 1.58 bits per heavy atom. The summed E-state index contributed by atoms with van der Waals surface area (Å²) in [5.41, 5.74) is 2.57. The third-order valence-electron chi connectivity index (χ3n) is 2.37. The molecule has 0 fully saturated rings. The van der Waals surface area contributed by atoms with Gasteiger partial charge in [-0.3, -0.25) is 0 Å². The summed E-state index contributed by atoms with van der Waals surface area (Å²) in [7, 11) is -1.96. The minimum absolute atomic E-state index is 0.981.